The van der Waals surface area contributed by atoms with Gasteiger partial charge in [-0.15, -0.1) is 0 Å². The number of aliphatic imine (C=N–C) groups is 1. The Morgan fingerprint density at radius 1 is 1.30 bits per heavy atom. The van der Waals surface area contributed by atoms with Gasteiger partial charge in [-0.3, -0.25) is 14.5 Å². The molecular weight excluding hydrogens is 340 g/mol. The van der Waals surface area contributed by atoms with Crippen molar-refractivity contribution in [3.8, 4) is 0 Å². The molecule has 144 valence electrons. The number of amides is 1. The molecule has 3 rings (SSSR count). The molecule has 1 aromatic heterocycles. The van der Waals surface area contributed by atoms with E-state index in [0.29, 0.717) is 19.6 Å². The molecule has 0 aliphatic carbocycles. The molecule has 0 spiro atoms. The van der Waals surface area contributed by atoms with Crippen molar-refractivity contribution in [3.05, 3.63) is 47.8 Å². The van der Waals surface area contributed by atoms with E-state index < -0.39 is 0 Å². The van der Waals surface area contributed by atoms with Crippen LogP contribution in [0, 0.1) is 6.92 Å². The lowest BCUT2D eigenvalue weighted by Gasteiger charge is -2.35. The molecule has 0 atom stereocenters. The van der Waals surface area contributed by atoms with Gasteiger partial charge < -0.3 is 15.1 Å². The summed E-state index contributed by atoms with van der Waals surface area (Å²) in [6, 6.07) is 8.39. The Bertz CT molecular complexity index is 812. The Morgan fingerprint density at radius 3 is 2.78 bits per heavy atom. The summed E-state index contributed by atoms with van der Waals surface area (Å²) in [6.07, 6.45) is 4.50. The quantitative estimate of drug-likeness (QED) is 0.643. The van der Waals surface area contributed by atoms with Crippen molar-refractivity contribution < 1.29 is 4.79 Å². The number of guanidine groups is 1. The number of hydrogen-bond donors (Lipinski definition) is 1. The molecule has 0 radical (unpaired) electrons. The van der Waals surface area contributed by atoms with E-state index >= 15 is 0 Å². The highest BCUT2D eigenvalue weighted by Crippen LogP contribution is 2.16. The number of aromatic nitrogens is 2. The number of anilines is 1. The maximum absolute atomic E-state index is 12.6. The van der Waals surface area contributed by atoms with Crippen molar-refractivity contribution in [3.63, 3.8) is 0 Å². The van der Waals surface area contributed by atoms with Crippen LogP contribution in [-0.4, -0.2) is 59.3 Å². The smallest absolute Gasteiger partial charge is 0.246 e. The van der Waals surface area contributed by atoms with Gasteiger partial charge in [0.15, 0.2) is 5.96 Å². The second-order valence-electron chi connectivity index (χ2n) is 6.75. The Labute approximate surface area is 160 Å². The van der Waals surface area contributed by atoms with Gasteiger partial charge in [0.1, 0.15) is 6.54 Å². The maximum Gasteiger partial charge on any atom is 0.246 e. The zero-order valence-corrected chi connectivity index (χ0v) is 16.4. The fourth-order valence-electron chi connectivity index (χ4n) is 3.27. The molecule has 1 aliphatic heterocycles. The third kappa shape index (κ3) is 4.67. The minimum Gasteiger partial charge on any atom is -0.357 e. The molecule has 2 aromatic rings. The van der Waals surface area contributed by atoms with Gasteiger partial charge in [-0.05, 0) is 31.4 Å². The number of nitrogens with one attached hydrogen (secondary N) is 1. The summed E-state index contributed by atoms with van der Waals surface area (Å²) < 4.78 is 1.71. The molecule has 1 N–H and O–H groups in total. The summed E-state index contributed by atoms with van der Waals surface area (Å²) in [4.78, 5) is 21.2. The highest BCUT2D eigenvalue weighted by Gasteiger charge is 2.27. The van der Waals surface area contributed by atoms with E-state index in [1.165, 1.54) is 11.1 Å². The summed E-state index contributed by atoms with van der Waals surface area (Å²) in [7, 11) is 1.86. The first-order chi connectivity index (χ1) is 13.1. The van der Waals surface area contributed by atoms with Crippen LogP contribution in [0.1, 0.15) is 18.1 Å². The highest BCUT2D eigenvalue weighted by molar-refractivity contribution is 5.98. The van der Waals surface area contributed by atoms with Gasteiger partial charge in [0.25, 0.3) is 0 Å². The van der Waals surface area contributed by atoms with E-state index in [0.717, 1.165) is 31.2 Å². The molecule has 27 heavy (non-hydrogen) atoms. The van der Waals surface area contributed by atoms with Gasteiger partial charge in [-0.2, -0.15) is 5.10 Å². The average molecular weight is 368 g/mol. The van der Waals surface area contributed by atoms with Crippen LogP contribution in [0.2, 0.25) is 0 Å². The standard InChI is InChI=1S/C20H28N6O/c1-4-21-20(22-10-9-17-8-6-5-7-16(17)2)25-11-12-26(19(27)15-25)18-13-23-24(3)14-18/h5-8,13-14H,4,9-12,15H2,1-3H3,(H,21,22). The first-order valence-electron chi connectivity index (χ1n) is 9.45. The lowest BCUT2D eigenvalue weighted by Crippen LogP contribution is -2.55. The topological polar surface area (TPSA) is 65.8 Å². The minimum atomic E-state index is 0.0683. The summed E-state index contributed by atoms with van der Waals surface area (Å²) in [6.45, 7) is 7.35. The van der Waals surface area contributed by atoms with Crippen LogP contribution < -0.4 is 10.2 Å². The van der Waals surface area contributed by atoms with Gasteiger partial charge in [-0.25, -0.2) is 0 Å². The van der Waals surface area contributed by atoms with E-state index in [4.69, 9.17) is 4.99 Å². The van der Waals surface area contributed by atoms with Crippen LogP contribution in [0.15, 0.2) is 41.7 Å². The van der Waals surface area contributed by atoms with Gasteiger partial charge in [0.2, 0.25) is 5.91 Å². The van der Waals surface area contributed by atoms with E-state index in [2.05, 4.69) is 41.6 Å². The number of piperazine rings is 1. The van der Waals surface area contributed by atoms with Crippen molar-refractivity contribution in [2.75, 3.05) is 37.6 Å². The number of carbonyl (C=O) groups is 1. The number of nitrogens with zero attached hydrogens (tertiary/aromatic N) is 5. The Morgan fingerprint density at radius 2 is 2.11 bits per heavy atom. The second kappa shape index (κ2) is 8.70. The van der Waals surface area contributed by atoms with Crippen molar-refractivity contribution in [1.82, 2.24) is 20.0 Å². The fourth-order valence-corrected chi connectivity index (χ4v) is 3.27. The van der Waals surface area contributed by atoms with Gasteiger partial charge >= 0.3 is 0 Å². The average Bonchev–Trinajstić information content (AvgIpc) is 3.08. The zero-order chi connectivity index (χ0) is 19.2. The van der Waals surface area contributed by atoms with E-state index in [1.807, 2.05) is 25.1 Å². The largest absolute Gasteiger partial charge is 0.357 e. The molecule has 1 aromatic carbocycles. The summed E-state index contributed by atoms with van der Waals surface area (Å²) in [5.41, 5.74) is 3.45. The summed E-state index contributed by atoms with van der Waals surface area (Å²) in [5, 5.41) is 7.48. The molecule has 7 nitrogen and oxygen atoms in total. The molecule has 1 saturated heterocycles. The number of carbonyl (C=O) groups excluding carboxylic acids is 1. The normalized spacial score (nSPS) is 15.4. The highest BCUT2D eigenvalue weighted by atomic mass is 16.2. The lowest BCUT2D eigenvalue weighted by atomic mass is 10.1. The molecule has 1 amide bonds. The van der Waals surface area contributed by atoms with Crippen molar-refractivity contribution in [2.24, 2.45) is 12.0 Å². The van der Waals surface area contributed by atoms with Gasteiger partial charge in [-0.1, -0.05) is 24.3 Å². The van der Waals surface area contributed by atoms with Crippen LogP contribution in [0.4, 0.5) is 5.69 Å². The van der Waals surface area contributed by atoms with Crippen LogP contribution in [0.3, 0.4) is 0 Å². The third-order valence-electron chi connectivity index (χ3n) is 4.76. The molecule has 2 heterocycles. The Balaban J connectivity index is 1.63. The molecule has 1 aliphatic rings. The maximum atomic E-state index is 12.6. The SMILES string of the molecule is CCNC(=NCCc1ccccc1C)N1CCN(c2cnn(C)c2)C(=O)C1. The molecule has 1 fully saturated rings. The molecular formula is C20H28N6O. The number of hydrogen-bond acceptors (Lipinski definition) is 3. The predicted molar refractivity (Wildman–Crippen MR) is 108 cm³/mol. The Kier molecular flexibility index (Phi) is 6.11. The van der Waals surface area contributed by atoms with Crippen molar-refractivity contribution in [1.29, 1.82) is 0 Å². The van der Waals surface area contributed by atoms with Crippen LogP contribution in [0.25, 0.3) is 0 Å². The van der Waals surface area contributed by atoms with Crippen LogP contribution >= 0.6 is 0 Å². The minimum absolute atomic E-state index is 0.0683. The van der Waals surface area contributed by atoms with E-state index in [1.54, 1.807) is 15.8 Å². The molecule has 0 bridgehead atoms. The molecule has 7 heteroatoms. The van der Waals surface area contributed by atoms with Crippen molar-refractivity contribution in [2.45, 2.75) is 20.3 Å². The number of benzene rings is 1. The Hall–Kier alpha value is -2.83. The summed E-state index contributed by atoms with van der Waals surface area (Å²) >= 11 is 0. The van der Waals surface area contributed by atoms with Crippen molar-refractivity contribution >= 4 is 17.6 Å². The zero-order valence-electron chi connectivity index (χ0n) is 16.4. The third-order valence-corrected chi connectivity index (χ3v) is 4.76. The van der Waals surface area contributed by atoms with E-state index in [9.17, 15) is 4.79 Å². The molecule has 0 saturated carbocycles. The van der Waals surface area contributed by atoms with Gasteiger partial charge in [0.05, 0.1) is 11.9 Å². The van der Waals surface area contributed by atoms with E-state index in [-0.39, 0.29) is 5.91 Å². The lowest BCUT2D eigenvalue weighted by molar-refractivity contribution is -0.120. The summed E-state index contributed by atoms with van der Waals surface area (Å²) in [5.74, 6) is 0.879. The molecule has 0 unspecified atom stereocenters. The monoisotopic (exact) mass is 368 g/mol. The first-order valence-corrected chi connectivity index (χ1v) is 9.45. The van der Waals surface area contributed by atoms with Gasteiger partial charge in [0, 0.05) is 39.4 Å². The van der Waals surface area contributed by atoms with Crippen LogP contribution in [-0.2, 0) is 18.3 Å². The predicted octanol–water partition coefficient (Wildman–Crippen LogP) is 1.59. The number of aryl methyl sites for hydroxylation is 2. The number of rotatable bonds is 5. The fraction of sp³-hybridized carbons (Fsp3) is 0.450. The second-order valence-corrected chi connectivity index (χ2v) is 6.75. The van der Waals surface area contributed by atoms with Crippen LogP contribution in [0.5, 0.6) is 0 Å². The first kappa shape index (κ1) is 18.9.